The molecule has 1 amide bonds. The Balaban J connectivity index is 1.44. The summed E-state index contributed by atoms with van der Waals surface area (Å²) in [6, 6.07) is 16.6. The highest BCUT2D eigenvalue weighted by Crippen LogP contribution is 2.45. The van der Waals surface area contributed by atoms with Crippen molar-refractivity contribution in [1.29, 1.82) is 0 Å². The summed E-state index contributed by atoms with van der Waals surface area (Å²) in [6.45, 7) is 4.49. The lowest BCUT2D eigenvalue weighted by Gasteiger charge is -2.15. The number of rotatable bonds is 7. The second kappa shape index (κ2) is 8.74. The van der Waals surface area contributed by atoms with Gasteiger partial charge in [0.2, 0.25) is 0 Å². The molecule has 1 aliphatic heterocycles. The Morgan fingerprint density at radius 1 is 0.967 bits per heavy atom. The summed E-state index contributed by atoms with van der Waals surface area (Å²) in [5, 5.41) is 0. The first-order valence-electron chi connectivity index (χ1n) is 10.6. The van der Waals surface area contributed by atoms with Gasteiger partial charge in [-0.1, -0.05) is 68.0 Å². The molecule has 0 unspecified atom stereocenters. The Morgan fingerprint density at radius 2 is 1.60 bits per heavy atom. The minimum absolute atomic E-state index is 0.0412. The van der Waals surface area contributed by atoms with Gasteiger partial charge in [-0.25, -0.2) is 9.59 Å². The maximum atomic E-state index is 12.8. The van der Waals surface area contributed by atoms with E-state index in [0.717, 1.165) is 12.8 Å². The number of fused-ring (bicyclic) bond motifs is 3. The summed E-state index contributed by atoms with van der Waals surface area (Å²) in [5.41, 5.74) is 4.81. The van der Waals surface area contributed by atoms with E-state index in [0.29, 0.717) is 13.2 Å². The van der Waals surface area contributed by atoms with Gasteiger partial charge in [0.1, 0.15) is 6.61 Å². The molecule has 2 atom stereocenters. The predicted molar refractivity (Wildman–Crippen MR) is 115 cm³/mol. The second-order valence-electron chi connectivity index (χ2n) is 7.67. The van der Waals surface area contributed by atoms with E-state index in [2.05, 4.69) is 31.2 Å². The number of carbonyl (C=O) groups is 2. The molecule has 0 radical (unpaired) electrons. The standard InChI is InChI=1S/C25H27NO4/c1-3-9-22-23(14-15-24(27)29-4-2)26(22)25(28)30-16-21-19-12-7-5-10-17(19)18-11-6-8-13-20(18)21/h5-8,10-15,21-23H,3-4,9,16H2,1-2H3/b15-14+/t22-,23-,26?/m1/s1. The van der Waals surface area contributed by atoms with Crippen LogP contribution in [0.25, 0.3) is 11.1 Å². The number of nitrogens with zero attached hydrogens (tertiary/aromatic N) is 1. The highest BCUT2D eigenvalue weighted by atomic mass is 16.6. The second-order valence-corrected chi connectivity index (χ2v) is 7.67. The summed E-state index contributed by atoms with van der Waals surface area (Å²) in [6.07, 6.45) is 4.67. The number of ether oxygens (including phenoxy) is 2. The first-order chi connectivity index (χ1) is 14.7. The van der Waals surface area contributed by atoms with E-state index < -0.39 is 0 Å². The molecule has 1 aliphatic carbocycles. The average molecular weight is 405 g/mol. The van der Waals surface area contributed by atoms with E-state index in [1.54, 1.807) is 17.9 Å². The van der Waals surface area contributed by atoms with Gasteiger partial charge in [-0.2, -0.15) is 0 Å². The number of hydrogen-bond acceptors (Lipinski definition) is 4. The highest BCUT2D eigenvalue weighted by Gasteiger charge is 2.49. The monoisotopic (exact) mass is 405 g/mol. The van der Waals surface area contributed by atoms with Gasteiger partial charge in [0.15, 0.2) is 0 Å². The Bertz CT molecular complexity index is 922. The quantitative estimate of drug-likeness (QED) is 0.373. The Hall–Kier alpha value is -3.08. The molecule has 2 aromatic rings. The summed E-state index contributed by atoms with van der Waals surface area (Å²) < 4.78 is 10.7. The van der Waals surface area contributed by atoms with Crippen molar-refractivity contribution in [2.24, 2.45) is 0 Å². The average Bonchev–Trinajstić information content (AvgIpc) is 3.35. The van der Waals surface area contributed by atoms with Crippen molar-refractivity contribution < 1.29 is 19.1 Å². The molecule has 156 valence electrons. The van der Waals surface area contributed by atoms with Gasteiger partial charge in [0.25, 0.3) is 0 Å². The van der Waals surface area contributed by atoms with Crippen LogP contribution in [0.4, 0.5) is 4.79 Å². The Morgan fingerprint density at radius 3 is 2.20 bits per heavy atom. The topological polar surface area (TPSA) is 55.6 Å². The van der Waals surface area contributed by atoms with E-state index in [-0.39, 0.29) is 30.1 Å². The Labute approximate surface area is 177 Å². The molecule has 0 N–H and O–H groups in total. The lowest BCUT2D eigenvalue weighted by Crippen LogP contribution is -2.20. The van der Waals surface area contributed by atoms with Crippen LogP contribution in [-0.2, 0) is 14.3 Å². The van der Waals surface area contributed by atoms with Gasteiger partial charge in [-0.05, 0) is 35.6 Å². The summed E-state index contributed by atoms with van der Waals surface area (Å²) in [4.78, 5) is 26.1. The highest BCUT2D eigenvalue weighted by molar-refractivity contribution is 5.83. The van der Waals surface area contributed by atoms with Crippen molar-refractivity contribution >= 4 is 12.1 Å². The third-order valence-corrected chi connectivity index (χ3v) is 5.83. The third kappa shape index (κ3) is 3.84. The van der Waals surface area contributed by atoms with E-state index in [1.165, 1.54) is 28.3 Å². The summed E-state index contributed by atoms with van der Waals surface area (Å²) in [5.74, 6) is -0.341. The maximum absolute atomic E-state index is 12.8. The number of hydrogen-bond donors (Lipinski definition) is 0. The van der Waals surface area contributed by atoms with Crippen LogP contribution < -0.4 is 0 Å². The van der Waals surface area contributed by atoms with Gasteiger partial charge in [0.05, 0.1) is 18.7 Å². The molecule has 5 nitrogen and oxygen atoms in total. The van der Waals surface area contributed by atoms with Crippen LogP contribution in [0, 0.1) is 0 Å². The molecule has 1 heterocycles. The third-order valence-electron chi connectivity index (χ3n) is 5.83. The molecule has 1 saturated heterocycles. The largest absolute Gasteiger partial charge is 0.463 e. The van der Waals surface area contributed by atoms with Gasteiger partial charge >= 0.3 is 12.1 Å². The van der Waals surface area contributed by atoms with E-state index in [4.69, 9.17) is 9.47 Å². The SMILES string of the molecule is CCC[C@@H]1[C@@H](/C=C/C(=O)OCC)N1C(=O)OCC1c2ccccc2-c2ccccc21. The van der Waals surface area contributed by atoms with Gasteiger partial charge in [0, 0.05) is 12.0 Å². The first kappa shape index (κ1) is 20.2. The van der Waals surface area contributed by atoms with E-state index >= 15 is 0 Å². The molecular weight excluding hydrogens is 378 g/mol. The fourth-order valence-corrected chi connectivity index (χ4v) is 4.42. The fraction of sp³-hybridized carbons (Fsp3) is 0.360. The van der Waals surface area contributed by atoms with Crippen LogP contribution in [0.1, 0.15) is 43.7 Å². The molecule has 2 aromatic carbocycles. The Kier molecular flexibility index (Phi) is 5.88. The van der Waals surface area contributed by atoms with Crippen molar-refractivity contribution in [3.63, 3.8) is 0 Å². The summed E-state index contributed by atoms with van der Waals surface area (Å²) >= 11 is 0. The molecule has 2 aliphatic rings. The van der Waals surface area contributed by atoms with Crippen molar-refractivity contribution in [1.82, 2.24) is 4.90 Å². The van der Waals surface area contributed by atoms with Crippen LogP contribution >= 0.6 is 0 Å². The van der Waals surface area contributed by atoms with Gasteiger partial charge < -0.3 is 9.47 Å². The number of esters is 1. The molecular formula is C25H27NO4. The summed E-state index contributed by atoms with van der Waals surface area (Å²) in [7, 11) is 0. The molecule has 0 saturated carbocycles. The lowest BCUT2D eigenvalue weighted by atomic mass is 9.98. The first-order valence-corrected chi connectivity index (χ1v) is 10.6. The number of carbonyl (C=O) groups excluding carboxylic acids is 2. The molecule has 1 fully saturated rings. The number of benzene rings is 2. The smallest absolute Gasteiger partial charge is 0.410 e. The predicted octanol–water partition coefficient (Wildman–Crippen LogP) is 4.91. The van der Waals surface area contributed by atoms with Crippen LogP contribution in [-0.4, -0.2) is 42.3 Å². The molecule has 5 heteroatoms. The molecule has 30 heavy (non-hydrogen) atoms. The van der Waals surface area contributed by atoms with Crippen molar-refractivity contribution in [3.8, 4) is 11.1 Å². The van der Waals surface area contributed by atoms with Crippen LogP contribution in [0.5, 0.6) is 0 Å². The van der Waals surface area contributed by atoms with Crippen LogP contribution in [0.15, 0.2) is 60.7 Å². The minimum Gasteiger partial charge on any atom is -0.463 e. The molecule has 0 bridgehead atoms. The van der Waals surface area contributed by atoms with E-state index in [1.807, 2.05) is 24.3 Å². The zero-order valence-corrected chi connectivity index (χ0v) is 17.4. The molecule has 0 aromatic heterocycles. The van der Waals surface area contributed by atoms with Gasteiger partial charge in [-0.3, -0.25) is 4.90 Å². The van der Waals surface area contributed by atoms with Crippen LogP contribution in [0.3, 0.4) is 0 Å². The van der Waals surface area contributed by atoms with Crippen LogP contribution in [0.2, 0.25) is 0 Å². The fourth-order valence-electron chi connectivity index (χ4n) is 4.42. The number of amides is 1. The normalized spacial score (nSPS) is 19.5. The molecule has 4 rings (SSSR count). The maximum Gasteiger partial charge on any atom is 0.410 e. The van der Waals surface area contributed by atoms with E-state index in [9.17, 15) is 9.59 Å². The lowest BCUT2D eigenvalue weighted by molar-refractivity contribution is -0.137. The zero-order chi connectivity index (χ0) is 21.1. The van der Waals surface area contributed by atoms with Crippen molar-refractivity contribution in [2.45, 2.75) is 44.7 Å². The zero-order valence-electron chi connectivity index (χ0n) is 17.4. The molecule has 0 spiro atoms. The minimum atomic E-state index is -0.382. The van der Waals surface area contributed by atoms with Crippen molar-refractivity contribution in [2.75, 3.05) is 13.2 Å². The van der Waals surface area contributed by atoms with Gasteiger partial charge in [-0.15, -0.1) is 0 Å². The van der Waals surface area contributed by atoms with Crippen molar-refractivity contribution in [3.05, 3.63) is 71.8 Å².